The molecule has 0 bridgehead atoms. The molecule has 0 aliphatic heterocycles. The van der Waals surface area contributed by atoms with Crippen molar-refractivity contribution in [2.45, 2.75) is 26.1 Å². The van der Waals surface area contributed by atoms with Crippen LogP contribution in [0.3, 0.4) is 0 Å². The van der Waals surface area contributed by atoms with E-state index in [9.17, 15) is 4.79 Å². The maximum absolute atomic E-state index is 12.7. The van der Waals surface area contributed by atoms with Crippen molar-refractivity contribution >= 4 is 16.9 Å². The number of carbonyl (C=O) groups is 1. The van der Waals surface area contributed by atoms with Crippen LogP contribution in [-0.2, 0) is 13.1 Å². The minimum atomic E-state index is -0.212. The van der Waals surface area contributed by atoms with Gasteiger partial charge in [-0.15, -0.1) is 0 Å². The molecule has 1 N–H and O–H groups in total. The lowest BCUT2D eigenvalue weighted by Crippen LogP contribution is -2.36. The number of benzene rings is 1. The predicted molar refractivity (Wildman–Crippen MR) is 90.6 cm³/mol. The Morgan fingerprint density at radius 3 is 2.88 bits per heavy atom. The molecule has 1 amide bonds. The molecule has 0 aliphatic rings. The molecule has 0 unspecified atom stereocenters. The van der Waals surface area contributed by atoms with Crippen LogP contribution in [0.15, 0.2) is 41.3 Å². The van der Waals surface area contributed by atoms with Gasteiger partial charge in [0.25, 0.3) is 5.91 Å². The van der Waals surface area contributed by atoms with Crippen LogP contribution in [0, 0.1) is 0 Å². The maximum atomic E-state index is 12.7. The fourth-order valence-electron chi connectivity index (χ4n) is 2.70. The molecule has 0 saturated carbocycles. The number of hydrogen-bond donors (Lipinski definition) is 1. The highest BCUT2D eigenvalue weighted by Gasteiger charge is 2.22. The van der Waals surface area contributed by atoms with E-state index in [2.05, 4.69) is 15.4 Å². The van der Waals surface area contributed by atoms with E-state index in [1.807, 2.05) is 50.2 Å². The first-order valence-electron chi connectivity index (χ1n) is 7.83. The zero-order valence-corrected chi connectivity index (χ0v) is 14.1. The molecule has 0 saturated heterocycles. The van der Waals surface area contributed by atoms with Gasteiger partial charge in [-0.2, -0.15) is 5.10 Å². The Bertz CT molecular complexity index is 823. The Hall–Kier alpha value is -2.67. The summed E-state index contributed by atoms with van der Waals surface area (Å²) in [7, 11) is 3.94. The number of nitrogens with one attached hydrogen (secondary N) is 1. The van der Waals surface area contributed by atoms with Gasteiger partial charge in [-0.25, -0.2) is 4.98 Å². The van der Waals surface area contributed by atoms with E-state index in [0.717, 1.165) is 16.5 Å². The predicted octanol–water partition coefficient (Wildman–Crippen LogP) is 1.90. The van der Waals surface area contributed by atoms with E-state index < -0.39 is 0 Å². The van der Waals surface area contributed by atoms with E-state index >= 15 is 0 Å². The second kappa shape index (κ2) is 6.84. The Morgan fingerprint density at radius 2 is 2.17 bits per heavy atom. The van der Waals surface area contributed by atoms with Crippen LogP contribution in [0.4, 0.5) is 0 Å². The normalized spacial score (nSPS) is 12.7. The van der Waals surface area contributed by atoms with Crippen LogP contribution >= 0.6 is 0 Å². The lowest BCUT2D eigenvalue weighted by Gasteiger charge is -2.14. The van der Waals surface area contributed by atoms with Gasteiger partial charge in [-0.1, -0.05) is 18.2 Å². The van der Waals surface area contributed by atoms with Crippen molar-refractivity contribution in [3.8, 4) is 0 Å². The molecule has 0 radical (unpaired) electrons. The van der Waals surface area contributed by atoms with Crippen molar-refractivity contribution in [3.05, 3.63) is 48.2 Å². The summed E-state index contributed by atoms with van der Waals surface area (Å²) in [6, 6.07) is 7.61. The summed E-state index contributed by atoms with van der Waals surface area (Å²) in [6.45, 7) is 3.11. The Kier molecular flexibility index (Phi) is 4.61. The van der Waals surface area contributed by atoms with Gasteiger partial charge in [0.2, 0.25) is 0 Å². The fraction of sp³-hybridized carbons (Fsp3) is 0.353. The molecule has 7 heteroatoms. The van der Waals surface area contributed by atoms with Crippen molar-refractivity contribution in [3.63, 3.8) is 0 Å². The lowest BCUT2D eigenvalue weighted by atomic mass is 10.1. The maximum Gasteiger partial charge on any atom is 0.287 e. The topological polar surface area (TPSA) is 76.2 Å². The third-order valence-corrected chi connectivity index (χ3v) is 3.68. The summed E-state index contributed by atoms with van der Waals surface area (Å²) in [6.07, 6.45) is 3.10. The second-order valence-electron chi connectivity index (χ2n) is 6.14. The number of fused-ring (bicyclic) bond motifs is 1. The first-order chi connectivity index (χ1) is 11.5. The highest BCUT2D eigenvalue weighted by Crippen LogP contribution is 2.26. The summed E-state index contributed by atoms with van der Waals surface area (Å²) < 4.78 is 7.51. The van der Waals surface area contributed by atoms with Crippen molar-refractivity contribution in [1.29, 1.82) is 0 Å². The molecule has 7 nitrogen and oxygen atoms in total. The summed E-state index contributed by atoms with van der Waals surface area (Å²) in [5.74, 6) is 0.158. The minimum absolute atomic E-state index is 0.0976. The number of rotatable bonds is 6. The van der Waals surface area contributed by atoms with E-state index in [4.69, 9.17) is 4.42 Å². The third kappa shape index (κ3) is 3.46. The van der Waals surface area contributed by atoms with E-state index in [1.165, 1.54) is 6.33 Å². The Labute approximate surface area is 140 Å². The average Bonchev–Trinajstić information content (AvgIpc) is 3.15. The summed E-state index contributed by atoms with van der Waals surface area (Å²) >= 11 is 0. The van der Waals surface area contributed by atoms with Crippen LogP contribution in [0.25, 0.3) is 11.0 Å². The molecule has 0 aliphatic carbocycles. The molecule has 24 heavy (non-hydrogen) atoms. The monoisotopic (exact) mass is 327 g/mol. The average molecular weight is 327 g/mol. The number of para-hydroxylation sites is 1. The fourth-order valence-corrected chi connectivity index (χ4v) is 2.70. The molecule has 126 valence electrons. The van der Waals surface area contributed by atoms with Gasteiger partial charge < -0.3 is 14.6 Å². The molecular weight excluding hydrogens is 306 g/mol. The zero-order chi connectivity index (χ0) is 17.1. The number of aromatic nitrogens is 3. The van der Waals surface area contributed by atoms with Gasteiger partial charge in [-0.3, -0.25) is 9.48 Å². The molecule has 0 fully saturated rings. The van der Waals surface area contributed by atoms with Gasteiger partial charge in [0, 0.05) is 23.5 Å². The minimum Gasteiger partial charge on any atom is -0.451 e. The van der Waals surface area contributed by atoms with Gasteiger partial charge in [0.15, 0.2) is 5.76 Å². The lowest BCUT2D eigenvalue weighted by molar-refractivity contribution is 0.0908. The molecule has 1 aromatic carbocycles. The van der Waals surface area contributed by atoms with E-state index in [1.54, 1.807) is 11.0 Å². The SMILES string of the molecule is C[C@@H](Cn1cncn1)NC(=O)c1oc2ccccc2c1CN(C)C. The first-order valence-corrected chi connectivity index (χ1v) is 7.83. The second-order valence-corrected chi connectivity index (χ2v) is 6.14. The molecule has 2 heterocycles. The molecule has 0 spiro atoms. The standard InChI is InChI=1S/C17H21N5O2/c1-12(8-22-11-18-10-19-22)20-17(23)16-14(9-21(2)3)13-6-4-5-7-15(13)24-16/h4-7,10-12H,8-9H2,1-3H3,(H,20,23)/t12-/m0/s1. The van der Waals surface area contributed by atoms with Crippen molar-refractivity contribution < 1.29 is 9.21 Å². The van der Waals surface area contributed by atoms with Gasteiger partial charge in [0.05, 0.1) is 6.54 Å². The van der Waals surface area contributed by atoms with Crippen LogP contribution < -0.4 is 5.32 Å². The largest absolute Gasteiger partial charge is 0.451 e. The highest BCUT2D eigenvalue weighted by molar-refractivity contribution is 5.99. The van der Waals surface area contributed by atoms with Gasteiger partial charge in [0.1, 0.15) is 18.2 Å². The van der Waals surface area contributed by atoms with Crippen molar-refractivity contribution in [2.24, 2.45) is 0 Å². The van der Waals surface area contributed by atoms with Crippen LogP contribution in [0.2, 0.25) is 0 Å². The molecule has 3 aromatic rings. The Morgan fingerprint density at radius 1 is 1.38 bits per heavy atom. The highest BCUT2D eigenvalue weighted by atomic mass is 16.3. The molecule has 2 aromatic heterocycles. The summed E-state index contributed by atoms with van der Waals surface area (Å²) in [5, 5.41) is 7.99. The first kappa shape index (κ1) is 16.2. The number of furan rings is 1. The van der Waals surface area contributed by atoms with Gasteiger partial charge in [-0.05, 0) is 27.1 Å². The number of carbonyl (C=O) groups excluding carboxylic acids is 1. The van der Waals surface area contributed by atoms with E-state index in [0.29, 0.717) is 18.8 Å². The number of hydrogen-bond acceptors (Lipinski definition) is 5. The molecule has 3 rings (SSSR count). The quantitative estimate of drug-likeness (QED) is 0.748. The smallest absolute Gasteiger partial charge is 0.287 e. The van der Waals surface area contributed by atoms with E-state index in [-0.39, 0.29) is 11.9 Å². The summed E-state index contributed by atoms with van der Waals surface area (Å²) in [5.41, 5.74) is 1.63. The van der Waals surface area contributed by atoms with Crippen LogP contribution in [0.1, 0.15) is 23.0 Å². The van der Waals surface area contributed by atoms with Crippen molar-refractivity contribution in [1.82, 2.24) is 25.0 Å². The zero-order valence-electron chi connectivity index (χ0n) is 14.1. The number of nitrogens with zero attached hydrogens (tertiary/aromatic N) is 4. The van der Waals surface area contributed by atoms with Crippen molar-refractivity contribution in [2.75, 3.05) is 14.1 Å². The summed E-state index contributed by atoms with van der Waals surface area (Å²) in [4.78, 5) is 18.6. The van der Waals surface area contributed by atoms with Gasteiger partial charge >= 0.3 is 0 Å². The van der Waals surface area contributed by atoms with Crippen LogP contribution in [-0.4, -0.2) is 45.7 Å². The Balaban J connectivity index is 1.83. The number of amides is 1. The third-order valence-electron chi connectivity index (χ3n) is 3.68. The van der Waals surface area contributed by atoms with Crippen LogP contribution in [0.5, 0.6) is 0 Å². The molecule has 1 atom stereocenters. The molecular formula is C17H21N5O2.